The van der Waals surface area contributed by atoms with Crippen molar-refractivity contribution in [1.82, 2.24) is 25.2 Å². The highest BCUT2D eigenvalue weighted by Gasteiger charge is 2.34. The summed E-state index contributed by atoms with van der Waals surface area (Å²) in [4.78, 5) is 4.68. The maximum atomic E-state index is 14.2. The second-order valence-electron chi connectivity index (χ2n) is 7.05. The first kappa shape index (κ1) is 24.4. The Labute approximate surface area is 182 Å². The molecule has 0 unspecified atom stereocenters. The number of pyridine rings is 1. The normalized spacial score (nSPS) is 14.2. The molecule has 0 saturated heterocycles. The standard InChI is InChI=1S/C17H15F5N6O4S/c1-16(29,8-33(23,30)31)14-12(19)4-5-13(24-14)15-25-27-28(26-15)7-9-6-10(2-3-11(9)18)32-17(20,21)22/h2-6,29H,7-8H2,1H3,(H2,23,30,31)/t16-/m0/s1. The van der Waals surface area contributed by atoms with Crippen LogP contribution in [0.2, 0.25) is 0 Å². The number of ether oxygens (including phenoxy) is 1. The number of sulfonamides is 1. The zero-order valence-electron chi connectivity index (χ0n) is 16.6. The molecule has 0 aliphatic carbocycles. The summed E-state index contributed by atoms with van der Waals surface area (Å²) in [6.07, 6.45) is -4.97. The van der Waals surface area contributed by atoms with E-state index in [2.05, 4.69) is 25.1 Å². The van der Waals surface area contributed by atoms with Crippen LogP contribution in [0, 0.1) is 11.6 Å². The van der Waals surface area contributed by atoms with Crippen molar-refractivity contribution in [1.29, 1.82) is 0 Å². The van der Waals surface area contributed by atoms with E-state index < -0.39 is 57.4 Å². The minimum atomic E-state index is -4.97. The van der Waals surface area contributed by atoms with Gasteiger partial charge >= 0.3 is 6.36 Å². The lowest BCUT2D eigenvalue weighted by molar-refractivity contribution is -0.274. The first-order chi connectivity index (χ1) is 15.1. The Hall–Kier alpha value is -3.24. The number of tetrazole rings is 1. The number of aromatic nitrogens is 5. The van der Waals surface area contributed by atoms with E-state index in [1.165, 1.54) is 0 Å². The molecule has 0 radical (unpaired) electrons. The molecule has 2 aromatic heterocycles. The van der Waals surface area contributed by atoms with Gasteiger partial charge in [-0.1, -0.05) is 0 Å². The predicted octanol–water partition coefficient (Wildman–Crippen LogP) is 1.46. The van der Waals surface area contributed by atoms with Gasteiger partial charge in [-0.3, -0.25) is 0 Å². The molecule has 0 spiro atoms. The monoisotopic (exact) mass is 494 g/mol. The number of primary sulfonamides is 1. The topological polar surface area (TPSA) is 146 Å². The highest BCUT2D eigenvalue weighted by molar-refractivity contribution is 7.89. The minimum Gasteiger partial charge on any atom is -0.406 e. The first-order valence-corrected chi connectivity index (χ1v) is 10.6. The first-order valence-electron chi connectivity index (χ1n) is 8.85. The number of hydrogen-bond donors (Lipinski definition) is 2. The molecule has 3 aromatic rings. The van der Waals surface area contributed by atoms with E-state index in [0.29, 0.717) is 0 Å². The van der Waals surface area contributed by atoms with Crippen molar-refractivity contribution >= 4 is 10.0 Å². The van der Waals surface area contributed by atoms with Crippen LogP contribution in [0.25, 0.3) is 11.5 Å². The van der Waals surface area contributed by atoms with Crippen LogP contribution in [0.15, 0.2) is 30.3 Å². The molecule has 0 saturated carbocycles. The maximum absolute atomic E-state index is 14.2. The average molecular weight is 494 g/mol. The van der Waals surface area contributed by atoms with Gasteiger partial charge in [-0.25, -0.2) is 27.3 Å². The lowest BCUT2D eigenvalue weighted by Gasteiger charge is -2.22. The van der Waals surface area contributed by atoms with Crippen molar-refractivity contribution in [3.8, 4) is 17.3 Å². The van der Waals surface area contributed by atoms with Gasteiger partial charge < -0.3 is 9.84 Å². The van der Waals surface area contributed by atoms with Crippen LogP contribution in [0.5, 0.6) is 5.75 Å². The number of nitrogens with zero attached hydrogens (tertiary/aromatic N) is 5. The Morgan fingerprint density at radius 3 is 2.45 bits per heavy atom. The molecule has 0 bridgehead atoms. The highest BCUT2D eigenvalue weighted by atomic mass is 32.2. The summed E-state index contributed by atoms with van der Waals surface area (Å²) >= 11 is 0. The fourth-order valence-corrected chi connectivity index (χ4v) is 3.76. The van der Waals surface area contributed by atoms with Gasteiger partial charge in [0.25, 0.3) is 0 Å². The van der Waals surface area contributed by atoms with Gasteiger partial charge in [0.1, 0.15) is 34.4 Å². The number of alkyl halides is 3. The predicted molar refractivity (Wildman–Crippen MR) is 101 cm³/mol. The lowest BCUT2D eigenvalue weighted by atomic mass is 10.0. The molecule has 33 heavy (non-hydrogen) atoms. The molecule has 178 valence electrons. The van der Waals surface area contributed by atoms with Crippen molar-refractivity contribution < 1.29 is 40.2 Å². The second-order valence-corrected chi connectivity index (χ2v) is 8.67. The molecular weight excluding hydrogens is 479 g/mol. The quantitative estimate of drug-likeness (QED) is 0.470. The molecular formula is C17H15F5N6O4S. The van der Waals surface area contributed by atoms with E-state index in [-0.39, 0.29) is 17.1 Å². The van der Waals surface area contributed by atoms with Gasteiger partial charge in [0.15, 0.2) is 0 Å². The SMILES string of the molecule is C[C@](O)(CS(N)(=O)=O)c1nc(-c2nnn(Cc3cc(OC(F)(F)F)ccc3F)n2)ccc1F. The van der Waals surface area contributed by atoms with E-state index in [1.54, 1.807) is 0 Å². The number of benzene rings is 1. The summed E-state index contributed by atoms with van der Waals surface area (Å²) in [5.74, 6) is -3.77. The molecule has 10 nitrogen and oxygen atoms in total. The maximum Gasteiger partial charge on any atom is 0.573 e. The number of halogens is 5. The summed E-state index contributed by atoms with van der Waals surface area (Å²) in [5.41, 5.74) is -3.30. The smallest absolute Gasteiger partial charge is 0.406 e. The third kappa shape index (κ3) is 6.39. The van der Waals surface area contributed by atoms with Gasteiger partial charge in [-0.15, -0.1) is 23.4 Å². The van der Waals surface area contributed by atoms with Crippen LogP contribution >= 0.6 is 0 Å². The number of hydrogen-bond acceptors (Lipinski definition) is 8. The van der Waals surface area contributed by atoms with E-state index in [1.807, 2.05) is 0 Å². The molecule has 0 amide bonds. The van der Waals surface area contributed by atoms with Gasteiger partial charge in [-0.2, -0.15) is 4.80 Å². The van der Waals surface area contributed by atoms with Crippen LogP contribution in [0.1, 0.15) is 18.2 Å². The molecule has 3 N–H and O–H groups in total. The van der Waals surface area contributed by atoms with Crippen molar-refractivity contribution in [3.05, 3.63) is 53.2 Å². The van der Waals surface area contributed by atoms with Gasteiger partial charge in [0, 0.05) is 5.56 Å². The van der Waals surface area contributed by atoms with E-state index in [4.69, 9.17) is 5.14 Å². The van der Waals surface area contributed by atoms with Crippen LogP contribution < -0.4 is 9.88 Å². The Kier molecular flexibility index (Phi) is 6.36. The number of aliphatic hydroxyl groups is 1. The summed E-state index contributed by atoms with van der Waals surface area (Å²) < 4.78 is 91.7. The molecule has 0 aliphatic rings. The molecule has 16 heteroatoms. The van der Waals surface area contributed by atoms with E-state index >= 15 is 0 Å². The molecule has 1 aromatic carbocycles. The number of rotatable bonds is 7. The van der Waals surface area contributed by atoms with Gasteiger partial charge in [0.2, 0.25) is 15.8 Å². The van der Waals surface area contributed by atoms with Crippen LogP contribution in [0.4, 0.5) is 22.0 Å². The Morgan fingerprint density at radius 2 is 1.82 bits per heavy atom. The minimum absolute atomic E-state index is 0.123. The van der Waals surface area contributed by atoms with Crippen LogP contribution in [0.3, 0.4) is 0 Å². The number of nitrogens with two attached hydrogens (primary N) is 1. The lowest BCUT2D eigenvalue weighted by Crippen LogP contribution is -2.36. The average Bonchev–Trinajstić information content (AvgIpc) is 3.10. The highest BCUT2D eigenvalue weighted by Crippen LogP contribution is 2.26. The zero-order valence-corrected chi connectivity index (χ0v) is 17.4. The Balaban J connectivity index is 1.88. The summed E-state index contributed by atoms with van der Waals surface area (Å²) in [6, 6.07) is 4.38. The van der Waals surface area contributed by atoms with E-state index in [9.17, 15) is 35.5 Å². The zero-order chi connectivity index (χ0) is 24.6. The Bertz CT molecular complexity index is 1280. The van der Waals surface area contributed by atoms with Crippen molar-refractivity contribution in [2.75, 3.05) is 5.75 Å². The third-order valence-corrected chi connectivity index (χ3v) is 5.05. The largest absolute Gasteiger partial charge is 0.573 e. The Morgan fingerprint density at radius 1 is 1.15 bits per heavy atom. The molecule has 1 atom stereocenters. The van der Waals surface area contributed by atoms with Crippen molar-refractivity contribution in [3.63, 3.8) is 0 Å². The summed E-state index contributed by atoms with van der Waals surface area (Å²) in [6.45, 7) is 0.556. The van der Waals surface area contributed by atoms with Gasteiger partial charge in [0.05, 0.1) is 12.3 Å². The fraction of sp³-hybridized carbons (Fsp3) is 0.294. The van der Waals surface area contributed by atoms with Crippen LogP contribution in [-0.2, 0) is 22.2 Å². The van der Waals surface area contributed by atoms with Crippen LogP contribution in [-0.4, -0.2) is 50.8 Å². The molecule has 2 heterocycles. The fourth-order valence-electron chi connectivity index (χ4n) is 2.84. The van der Waals surface area contributed by atoms with E-state index in [0.717, 1.165) is 42.1 Å². The third-order valence-electron chi connectivity index (χ3n) is 4.08. The van der Waals surface area contributed by atoms with Crippen molar-refractivity contribution in [2.24, 2.45) is 5.14 Å². The summed E-state index contributed by atoms with van der Waals surface area (Å²) in [5, 5.41) is 26.5. The second kappa shape index (κ2) is 8.60. The summed E-state index contributed by atoms with van der Waals surface area (Å²) in [7, 11) is -4.19. The molecule has 3 rings (SSSR count). The van der Waals surface area contributed by atoms with Crippen molar-refractivity contribution in [2.45, 2.75) is 25.4 Å². The molecule has 0 fully saturated rings. The molecule has 0 aliphatic heterocycles. The van der Waals surface area contributed by atoms with Gasteiger partial charge in [-0.05, 0) is 42.5 Å².